The lowest BCUT2D eigenvalue weighted by Crippen LogP contribution is -2.07. The van der Waals surface area contributed by atoms with Gasteiger partial charge < -0.3 is 4.89 Å². The molecule has 1 aliphatic rings. The van der Waals surface area contributed by atoms with Gasteiger partial charge in [-0.25, -0.2) is 4.79 Å². The minimum atomic E-state index is -0.504. The van der Waals surface area contributed by atoms with Gasteiger partial charge in [0.1, 0.15) is 0 Å². The van der Waals surface area contributed by atoms with Gasteiger partial charge in [0, 0.05) is 6.42 Å². The molecule has 0 atom stereocenters. The average molecular weight is 186 g/mol. The Morgan fingerprint density at radius 1 is 1.31 bits per heavy atom. The molecule has 1 rings (SSSR count). The normalized spacial score (nSPS) is 18.5. The van der Waals surface area contributed by atoms with Crippen LogP contribution in [0.5, 0.6) is 0 Å². The zero-order chi connectivity index (χ0) is 9.52. The summed E-state index contributed by atoms with van der Waals surface area (Å²) < 4.78 is 0. The van der Waals surface area contributed by atoms with Crippen LogP contribution in [0.1, 0.15) is 51.4 Å². The molecular formula is C10H18O3. The second-order valence-corrected chi connectivity index (χ2v) is 3.86. The Balaban J connectivity index is 2.01. The van der Waals surface area contributed by atoms with E-state index in [2.05, 4.69) is 4.89 Å². The number of rotatable bonds is 4. The van der Waals surface area contributed by atoms with Crippen molar-refractivity contribution in [2.24, 2.45) is 5.92 Å². The lowest BCUT2D eigenvalue weighted by atomic mass is 9.86. The lowest BCUT2D eigenvalue weighted by molar-refractivity contribution is -0.234. The van der Waals surface area contributed by atoms with Crippen LogP contribution in [0.3, 0.4) is 0 Å². The van der Waals surface area contributed by atoms with Gasteiger partial charge >= 0.3 is 5.97 Å². The number of carbonyl (C=O) groups is 1. The Labute approximate surface area is 79.0 Å². The third-order valence-electron chi connectivity index (χ3n) is 2.82. The van der Waals surface area contributed by atoms with E-state index in [4.69, 9.17) is 5.26 Å². The highest BCUT2D eigenvalue weighted by atomic mass is 17.1. The van der Waals surface area contributed by atoms with E-state index < -0.39 is 5.97 Å². The van der Waals surface area contributed by atoms with Crippen molar-refractivity contribution in [1.82, 2.24) is 0 Å². The van der Waals surface area contributed by atoms with Crippen molar-refractivity contribution in [1.29, 1.82) is 0 Å². The van der Waals surface area contributed by atoms with E-state index in [1.54, 1.807) is 0 Å². The van der Waals surface area contributed by atoms with Gasteiger partial charge in [-0.3, -0.25) is 0 Å². The minimum Gasteiger partial charge on any atom is -0.301 e. The van der Waals surface area contributed by atoms with E-state index in [0.717, 1.165) is 18.8 Å². The first-order valence-corrected chi connectivity index (χ1v) is 5.17. The van der Waals surface area contributed by atoms with Gasteiger partial charge in [-0.1, -0.05) is 32.1 Å². The molecule has 0 aliphatic heterocycles. The molecule has 0 amide bonds. The Bertz CT molecular complexity index is 150. The van der Waals surface area contributed by atoms with Crippen molar-refractivity contribution in [3.8, 4) is 0 Å². The molecule has 1 N–H and O–H groups in total. The molecule has 1 fully saturated rings. The third kappa shape index (κ3) is 4.27. The Morgan fingerprint density at radius 2 is 2.00 bits per heavy atom. The fraction of sp³-hybridized carbons (Fsp3) is 0.900. The topological polar surface area (TPSA) is 46.5 Å². The average Bonchev–Trinajstić information content (AvgIpc) is 2.19. The molecule has 0 unspecified atom stereocenters. The van der Waals surface area contributed by atoms with Gasteiger partial charge in [0.05, 0.1) is 0 Å². The third-order valence-corrected chi connectivity index (χ3v) is 2.82. The molecule has 0 saturated heterocycles. The van der Waals surface area contributed by atoms with Crippen LogP contribution in [0, 0.1) is 5.92 Å². The fourth-order valence-corrected chi connectivity index (χ4v) is 2.06. The van der Waals surface area contributed by atoms with Gasteiger partial charge in [0.2, 0.25) is 0 Å². The summed E-state index contributed by atoms with van der Waals surface area (Å²) in [4.78, 5) is 14.2. The first-order chi connectivity index (χ1) is 6.33. The molecule has 0 radical (unpaired) electrons. The molecule has 3 nitrogen and oxygen atoms in total. The lowest BCUT2D eigenvalue weighted by Gasteiger charge is -2.20. The van der Waals surface area contributed by atoms with E-state index in [9.17, 15) is 4.79 Å². The largest absolute Gasteiger partial charge is 0.342 e. The molecule has 13 heavy (non-hydrogen) atoms. The summed E-state index contributed by atoms with van der Waals surface area (Å²) in [5.41, 5.74) is 0. The molecule has 0 spiro atoms. The maximum absolute atomic E-state index is 10.6. The van der Waals surface area contributed by atoms with Crippen LogP contribution in [0.15, 0.2) is 0 Å². The molecule has 1 aliphatic carbocycles. The summed E-state index contributed by atoms with van der Waals surface area (Å²) in [5.74, 6) is 0.302. The molecule has 3 heteroatoms. The Hall–Kier alpha value is -0.570. The molecule has 1 saturated carbocycles. The quantitative estimate of drug-likeness (QED) is 0.542. The maximum atomic E-state index is 10.6. The molecule has 0 aromatic heterocycles. The molecule has 0 heterocycles. The summed E-state index contributed by atoms with van der Waals surface area (Å²) in [6, 6.07) is 0. The number of hydrogen-bond acceptors (Lipinski definition) is 3. The van der Waals surface area contributed by atoms with Gasteiger partial charge in [0.15, 0.2) is 0 Å². The van der Waals surface area contributed by atoms with E-state index in [0.29, 0.717) is 6.42 Å². The number of carbonyl (C=O) groups excluding carboxylic acids is 1. The summed E-state index contributed by atoms with van der Waals surface area (Å²) in [7, 11) is 0. The van der Waals surface area contributed by atoms with E-state index in [1.165, 1.54) is 32.1 Å². The maximum Gasteiger partial charge on any atom is 0.342 e. The van der Waals surface area contributed by atoms with Crippen molar-refractivity contribution in [2.75, 3.05) is 0 Å². The fourth-order valence-electron chi connectivity index (χ4n) is 2.06. The van der Waals surface area contributed by atoms with Crippen molar-refractivity contribution in [3.05, 3.63) is 0 Å². The smallest absolute Gasteiger partial charge is 0.301 e. The van der Waals surface area contributed by atoms with Crippen LogP contribution < -0.4 is 0 Å². The van der Waals surface area contributed by atoms with Crippen molar-refractivity contribution in [3.63, 3.8) is 0 Å². The zero-order valence-corrected chi connectivity index (χ0v) is 8.00. The van der Waals surface area contributed by atoms with Crippen LogP contribution in [0.2, 0.25) is 0 Å². The van der Waals surface area contributed by atoms with Gasteiger partial charge in [-0.15, -0.1) is 0 Å². The van der Waals surface area contributed by atoms with Crippen molar-refractivity contribution >= 4 is 5.97 Å². The van der Waals surface area contributed by atoms with E-state index in [-0.39, 0.29) is 0 Å². The monoisotopic (exact) mass is 186 g/mol. The second-order valence-electron chi connectivity index (χ2n) is 3.86. The van der Waals surface area contributed by atoms with Crippen LogP contribution in [-0.2, 0) is 9.68 Å². The van der Waals surface area contributed by atoms with Gasteiger partial charge in [-0.05, 0) is 18.8 Å². The van der Waals surface area contributed by atoms with E-state index in [1.807, 2.05) is 0 Å². The van der Waals surface area contributed by atoms with E-state index >= 15 is 0 Å². The highest BCUT2D eigenvalue weighted by Gasteiger charge is 2.13. The second kappa shape index (κ2) is 5.97. The highest BCUT2D eigenvalue weighted by molar-refractivity contribution is 5.68. The predicted octanol–water partition coefficient (Wildman–Crippen LogP) is 2.75. The van der Waals surface area contributed by atoms with Gasteiger partial charge in [0.25, 0.3) is 0 Å². The molecule has 0 bridgehead atoms. The minimum absolute atomic E-state index is 0.354. The summed E-state index contributed by atoms with van der Waals surface area (Å²) >= 11 is 0. The predicted molar refractivity (Wildman–Crippen MR) is 49.1 cm³/mol. The molecule has 0 aromatic carbocycles. The summed E-state index contributed by atoms with van der Waals surface area (Å²) in [6.45, 7) is 0. The van der Waals surface area contributed by atoms with Crippen LogP contribution in [0.4, 0.5) is 0 Å². The number of hydrogen-bond donors (Lipinski definition) is 1. The molecular weight excluding hydrogens is 168 g/mol. The van der Waals surface area contributed by atoms with Crippen LogP contribution in [-0.4, -0.2) is 11.2 Å². The van der Waals surface area contributed by atoms with Crippen molar-refractivity contribution in [2.45, 2.75) is 51.4 Å². The molecule has 76 valence electrons. The first kappa shape index (κ1) is 10.5. The molecule has 0 aromatic rings. The summed E-state index contributed by atoms with van der Waals surface area (Å²) in [5, 5.41) is 8.02. The Morgan fingerprint density at radius 3 is 2.62 bits per heavy atom. The first-order valence-electron chi connectivity index (χ1n) is 5.17. The Kier molecular flexibility index (Phi) is 4.83. The highest BCUT2D eigenvalue weighted by Crippen LogP contribution is 2.27. The van der Waals surface area contributed by atoms with Gasteiger partial charge in [-0.2, -0.15) is 5.26 Å². The zero-order valence-electron chi connectivity index (χ0n) is 8.00. The summed E-state index contributed by atoms with van der Waals surface area (Å²) in [6.07, 6.45) is 8.99. The van der Waals surface area contributed by atoms with Crippen LogP contribution in [0.25, 0.3) is 0 Å². The van der Waals surface area contributed by atoms with Crippen molar-refractivity contribution < 1.29 is 14.9 Å². The van der Waals surface area contributed by atoms with Crippen LogP contribution >= 0.6 is 0 Å². The SMILES string of the molecule is O=C(CCCC1CCCCC1)OO. The standard InChI is InChI=1S/C10H18O3/c11-10(13-12)8-4-7-9-5-2-1-3-6-9/h9,12H,1-8H2.